The highest BCUT2D eigenvalue weighted by Gasteiger charge is 2.54. The first-order valence-corrected chi connectivity index (χ1v) is 11.2. The zero-order chi connectivity index (χ0) is 22.8. The van der Waals surface area contributed by atoms with E-state index < -0.39 is 35.3 Å². The average molecular weight is 476 g/mol. The Hall–Kier alpha value is -3.23. The van der Waals surface area contributed by atoms with E-state index in [1.54, 1.807) is 30.3 Å². The van der Waals surface area contributed by atoms with Gasteiger partial charge < -0.3 is 15.5 Å². The first-order valence-electron chi connectivity index (χ1n) is 9.21. The van der Waals surface area contributed by atoms with Gasteiger partial charge in [-0.05, 0) is 21.6 Å². The molecule has 14 heteroatoms. The number of carbonyl (C=O) groups excluding carboxylic acids is 3. The van der Waals surface area contributed by atoms with Crippen molar-refractivity contribution >= 4 is 47.7 Å². The first-order chi connectivity index (χ1) is 15.4. The van der Waals surface area contributed by atoms with Gasteiger partial charge >= 0.3 is 5.97 Å². The lowest BCUT2D eigenvalue weighted by Gasteiger charge is -2.49. The topological polar surface area (TPSA) is 168 Å². The maximum absolute atomic E-state index is 12.7. The van der Waals surface area contributed by atoms with E-state index in [9.17, 15) is 29.4 Å². The number of carbonyl (C=O) groups is 4. The van der Waals surface area contributed by atoms with Gasteiger partial charge in [0.25, 0.3) is 11.8 Å². The normalized spacial score (nSPS) is 20.9. The number of hydrogen-bond acceptors (Lipinski definition) is 10. The van der Waals surface area contributed by atoms with Crippen LogP contribution in [-0.4, -0.2) is 82.4 Å². The largest absolute Gasteiger partial charge is 0.477 e. The maximum Gasteiger partial charge on any atom is 0.352 e. The van der Waals surface area contributed by atoms with Gasteiger partial charge in [-0.2, -0.15) is 4.68 Å². The van der Waals surface area contributed by atoms with Crippen LogP contribution in [0.15, 0.2) is 46.8 Å². The molecular formula is C18H16N6O6S2. The van der Waals surface area contributed by atoms with Gasteiger partial charge in [-0.25, -0.2) is 4.79 Å². The summed E-state index contributed by atoms with van der Waals surface area (Å²) in [7, 11) is 0. The molecule has 2 amide bonds. The Bertz CT molecular complexity index is 1110. The van der Waals surface area contributed by atoms with Crippen molar-refractivity contribution in [2.75, 3.05) is 11.5 Å². The highest BCUT2D eigenvalue weighted by molar-refractivity contribution is 8.01. The molecule has 32 heavy (non-hydrogen) atoms. The Morgan fingerprint density at radius 2 is 2.09 bits per heavy atom. The van der Waals surface area contributed by atoms with Gasteiger partial charge in [0.05, 0.1) is 0 Å². The van der Waals surface area contributed by atoms with Crippen LogP contribution in [0.3, 0.4) is 0 Å². The summed E-state index contributed by atoms with van der Waals surface area (Å²) in [6.45, 7) is 0. The Balaban J connectivity index is 1.46. The summed E-state index contributed by atoms with van der Waals surface area (Å²) < 4.78 is 0.919. The quantitative estimate of drug-likeness (QED) is 0.190. The summed E-state index contributed by atoms with van der Waals surface area (Å²) in [5, 5.41) is 32.6. The van der Waals surface area contributed by atoms with E-state index in [0.29, 0.717) is 23.3 Å². The number of aliphatic carboxylic acids is 1. The van der Waals surface area contributed by atoms with Crippen molar-refractivity contribution in [3.63, 3.8) is 0 Å². The summed E-state index contributed by atoms with van der Waals surface area (Å²) in [5.41, 5.74) is 0.685. The Morgan fingerprint density at radius 3 is 2.78 bits per heavy atom. The van der Waals surface area contributed by atoms with E-state index in [2.05, 4.69) is 20.8 Å². The van der Waals surface area contributed by atoms with Crippen LogP contribution in [0.5, 0.6) is 0 Å². The number of aliphatic hydroxyl groups is 1. The summed E-state index contributed by atoms with van der Waals surface area (Å²) in [6, 6.07) is 7.33. The lowest BCUT2D eigenvalue weighted by atomic mass is 10.0. The molecule has 2 aliphatic heterocycles. The molecule has 1 aromatic heterocycles. The number of fused-ring (bicyclic) bond motifs is 1. The molecule has 1 fully saturated rings. The smallest absolute Gasteiger partial charge is 0.352 e. The molecule has 4 rings (SSSR count). The Kier molecular flexibility index (Phi) is 6.25. The fraction of sp³-hybridized carbons (Fsp3) is 0.278. The van der Waals surface area contributed by atoms with Crippen molar-refractivity contribution in [2.24, 2.45) is 0 Å². The van der Waals surface area contributed by atoms with E-state index in [1.165, 1.54) is 11.8 Å². The minimum Gasteiger partial charge on any atom is -0.477 e. The van der Waals surface area contributed by atoms with Gasteiger partial charge in [-0.15, -0.1) is 16.9 Å². The summed E-state index contributed by atoms with van der Waals surface area (Å²) in [4.78, 5) is 49.1. The molecule has 0 spiro atoms. The van der Waals surface area contributed by atoms with Gasteiger partial charge in [-0.3, -0.25) is 19.3 Å². The molecular weight excluding hydrogens is 460 g/mol. The van der Waals surface area contributed by atoms with Crippen molar-refractivity contribution in [3.8, 4) is 0 Å². The van der Waals surface area contributed by atoms with Crippen molar-refractivity contribution in [3.05, 3.63) is 47.2 Å². The monoisotopic (exact) mass is 476 g/mol. The second-order valence-corrected chi connectivity index (χ2v) is 8.81. The number of carboxylic acids is 1. The summed E-state index contributed by atoms with van der Waals surface area (Å²) in [5.74, 6) is -2.14. The molecule has 12 nitrogen and oxygen atoms in total. The average Bonchev–Trinajstić information content (AvgIpc) is 3.27. The van der Waals surface area contributed by atoms with E-state index in [0.717, 1.165) is 21.3 Å². The first kappa shape index (κ1) is 22.0. The van der Waals surface area contributed by atoms with Crippen LogP contribution in [0.25, 0.3) is 0 Å². The molecule has 2 aromatic rings. The highest BCUT2D eigenvalue weighted by Crippen LogP contribution is 2.41. The lowest BCUT2D eigenvalue weighted by Crippen LogP contribution is -2.70. The van der Waals surface area contributed by atoms with E-state index in [1.807, 2.05) is 0 Å². The predicted molar refractivity (Wildman–Crippen MR) is 112 cm³/mol. The van der Waals surface area contributed by atoms with Gasteiger partial charge in [0.1, 0.15) is 17.1 Å². The molecule has 0 saturated carbocycles. The van der Waals surface area contributed by atoms with Crippen LogP contribution in [-0.2, 0) is 19.2 Å². The van der Waals surface area contributed by atoms with Crippen molar-refractivity contribution in [1.82, 2.24) is 30.4 Å². The SMILES string of the molecule is O=Cn1nnnc1SCC1=C(C(=O)O)N2C(=O)[C@@H](NC(=O)[C@H](O)c3ccccc3)[C@H]2SC1. The number of tetrazole rings is 1. The second-order valence-electron chi connectivity index (χ2n) is 6.77. The second kappa shape index (κ2) is 9.10. The van der Waals surface area contributed by atoms with Crippen LogP contribution in [0.2, 0.25) is 0 Å². The predicted octanol–water partition coefficient (Wildman–Crippen LogP) is -0.724. The number of β-lactam (4-membered cyclic amide) rings is 1. The van der Waals surface area contributed by atoms with Crippen LogP contribution in [0.4, 0.5) is 0 Å². The fourth-order valence-corrected chi connectivity index (χ4v) is 5.63. The zero-order valence-electron chi connectivity index (χ0n) is 16.2. The minimum atomic E-state index is -1.45. The number of hydrogen-bond donors (Lipinski definition) is 3. The van der Waals surface area contributed by atoms with Crippen molar-refractivity contribution in [2.45, 2.75) is 22.7 Å². The van der Waals surface area contributed by atoms with Crippen molar-refractivity contribution < 1.29 is 29.4 Å². The molecule has 2 aliphatic rings. The third kappa shape index (κ3) is 3.99. The molecule has 3 atom stereocenters. The van der Waals surface area contributed by atoms with E-state index in [-0.39, 0.29) is 16.6 Å². The zero-order valence-corrected chi connectivity index (χ0v) is 17.8. The molecule has 0 radical (unpaired) electrons. The number of nitrogens with one attached hydrogen (secondary N) is 1. The van der Waals surface area contributed by atoms with Gasteiger partial charge in [-0.1, -0.05) is 42.1 Å². The van der Waals surface area contributed by atoms with Crippen LogP contribution in [0.1, 0.15) is 11.7 Å². The summed E-state index contributed by atoms with van der Waals surface area (Å²) >= 11 is 2.36. The van der Waals surface area contributed by atoms with Crippen LogP contribution in [0, 0.1) is 0 Å². The molecule has 0 unspecified atom stereocenters. The number of aromatic nitrogens is 4. The third-order valence-electron chi connectivity index (χ3n) is 4.85. The van der Waals surface area contributed by atoms with Gasteiger partial charge in [0, 0.05) is 11.5 Å². The van der Waals surface area contributed by atoms with Crippen LogP contribution >= 0.6 is 23.5 Å². The molecule has 0 bridgehead atoms. The number of thioether (sulfide) groups is 2. The van der Waals surface area contributed by atoms with E-state index in [4.69, 9.17) is 0 Å². The molecule has 0 aliphatic carbocycles. The number of nitrogens with zero attached hydrogens (tertiary/aromatic N) is 5. The number of aliphatic hydroxyl groups excluding tert-OH is 1. The fourth-order valence-electron chi connectivity index (χ4n) is 3.31. The standard InChI is InChI=1S/C18H16N6O6S2/c25-8-23-18(20-21-22-23)32-7-10-6-31-16-11(15(28)24(16)12(10)17(29)30)19-14(27)13(26)9-4-2-1-3-5-9/h1-5,8,11,13,16,26H,6-7H2,(H,19,27)(H,29,30)/t11-,13-,16-/m1/s1. The highest BCUT2D eigenvalue weighted by atomic mass is 32.2. The number of amides is 2. The minimum absolute atomic E-state index is 0.156. The number of rotatable bonds is 8. The number of benzene rings is 1. The van der Waals surface area contributed by atoms with Gasteiger partial charge in [0.2, 0.25) is 11.6 Å². The maximum atomic E-state index is 12.7. The number of carboxylic acid groups (broad SMARTS) is 1. The van der Waals surface area contributed by atoms with Crippen LogP contribution < -0.4 is 5.32 Å². The summed E-state index contributed by atoms with van der Waals surface area (Å²) in [6.07, 6.45) is -1.02. The molecule has 3 N–H and O–H groups in total. The third-order valence-corrected chi connectivity index (χ3v) is 7.21. The van der Waals surface area contributed by atoms with E-state index >= 15 is 0 Å². The molecule has 166 valence electrons. The molecule has 1 saturated heterocycles. The molecule has 1 aromatic carbocycles. The van der Waals surface area contributed by atoms with Gasteiger partial charge in [0.15, 0.2) is 6.10 Å². The Morgan fingerprint density at radius 1 is 1.34 bits per heavy atom. The Labute approximate surface area is 189 Å². The lowest BCUT2D eigenvalue weighted by molar-refractivity contribution is -0.151. The molecule has 3 heterocycles. The van der Waals surface area contributed by atoms with Crippen molar-refractivity contribution in [1.29, 1.82) is 0 Å².